The number of nitrogens with zero attached hydrogens (tertiary/aromatic N) is 1. The lowest BCUT2D eigenvalue weighted by Gasteiger charge is -2.29. The van der Waals surface area contributed by atoms with Gasteiger partial charge in [0, 0.05) is 17.3 Å². The molecule has 0 amide bonds. The van der Waals surface area contributed by atoms with Crippen LogP contribution in [0.4, 0.5) is 5.69 Å². The molecule has 1 aliphatic rings. The normalized spacial score (nSPS) is 15.7. The van der Waals surface area contributed by atoms with Gasteiger partial charge in [0.2, 0.25) is 0 Å². The lowest BCUT2D eigenvalue weighted by atomic mass is 10.1. The fourth-order valence-corrected chi connectivity index (χ4v) is 3.92. The Kier molecular flexibility index (Phi) is 6.52. The van der Waals surface area contributed by atoms with E-state index in [2.05, 4.69) is 59.7 Å². The molecule has 1 aliphatic heterocycles. The molecule has 0 bridgehead atoms. The lowest BCUT2D eigenvalue weighted by Crippen LogP contribution is -2.38. The van der Waals surface area contributed by atoms with E-state index in [1.807, 2.05) is 12.1 Å². The van der Waals surface area contributed by atoms with Crippen molar-refractivity contribution < 1.29 is 0 Å². The van der Waals surface area contributed by atoms with Gasteiger partial charge >= 0.3 is 0 Å². The highest BCUT2D eigenvalue weighted by molar-refractivity contribution is 7.80. The Labute approximate surface area is 166 Å². The van der Waals surface area contributed by atoms with E-state index < -0.39 is 0 Å². The van der Waals surface area contributed by atoms with Crippen LogP contribution in [-0.4, -0.2) is 29.6 Å². The zero-order valence-corrected chi connectivity index (χ0v) is 17.0. The molecule has 2 aromatic rings. The minimum atomic E-state index is 0.226. The number of thiocarbonyl (C=S) groups is 1. The maximum Gasteiger partial charge on any atom is 0.170 e. The number of hydrogen-bond acceptors (Lipinski definition) is 2. The predicted octanol–water partition coefficient (Wildman–Crippen LogP) is 5.08. The van der Waals surface area contributed by atoms with Crippen molar-refractivity contribution in [3.63, 3.8) is 0 Å². The molecule has 26 heavy (non-hydrogen) atoms. The molecule has 1 atom stereocenters. The molecule has 5 heteroatoms. The molecule has 2 N–H and O–H groups in total. The number of aryl methyl sites for hydroxylation is 2. The summed E-state index contributed by atoms with van der Waals surface area (Å²) in [6, 6.07) is 14.7. The first-order chi connectivity index (χ1) is 12.5. The highest BCUT2D eigenvalue weighted by Crippen LogP contribution is 2.29. The quantitative estimate of drug-likeness (QED) is 0.699. The van der Waals surface area contributed by atoms with Crippen LogP contribution in [0.2, 0.25) is 5.02 Å². The zero-order valence-electron chi connectivity index (χ0n) is 15.4. The van der Waals surface area contributed by atoms with Crippen LogP contribution in [0.3, 0.4) is 0 Å². The van der Waals surface area contributed by atoms with Crippen LogP contribution >= 0.6 is 23.8 Å². The second kappa shape index (κ2) is 8.85. The van der Waals surface area contributed by atoms with Crippen molar-refractivity contribution >= 4 is 34.6 Å². The van der Waals surface area contributed by atoms with Gasteiger partial charge in [-0.25, -0.2) is 0 Å². The molecule has 0 radical (unpaired) electrons. The third kappa shape index (κ3) is 4.76. The van der Waals surface area contributed by atoms with E-state index in [1.165, 1.54) is 24.0 Å². The number of likely N-dealkylation sites (tertiary alicyclic amines) is 1. The summed E-state index contributed by atoms with van der Waals surface area (Å²) in [6.45, 7) is 7.12. The number of anilines is 1. The van der Waals surface area contributed by atoms with Gasteiger partial charge in [0.15, 0.2) is 5.11 Å². The van der Waals surface area contributed by atoms with E-state index in [9.17, 15) is 0 Å². The minimum Gasteiger partial charge on any atom is -0.361 e. The second-order valence-electron chi connectivity index (χ2n) is 6.93. The molecule has 3 nitrogen and oxygen atoms in total. The topological polar surface area (TPSA) is 27.3 Å². The van der Waals surface area contributed by atoms with Gasteiger partial charge in [-0.1, -0.05) is 41.9 Å². The summed E-state index contributed by atoms with van der Waals surface area (Å²) in [5.41, 5.74) is 4.62. The highest BCUT2D eigenvalue weighted by atomic mass is 35.5. The average molecular weight is 388 g/mol. The van der Waals surface area contributed by atoms with Crippen molar-refractivity contribution in [2.24, 2.45) is 0 Å². The van der Waals surface area contributed by atoms with Crippen molar-refractivity contribution in [1.82, 2.24) is 10.2 Å². The van der Waals surface area contributed by atoms with Crippen LogP contribution in [0.25, 0.3) is 0 Å². The fourth-order valence-electron chi connectivity index (χ4n) is 3.46. The highest BCUT2D eigenvalue weighted by Gasteiger charge is 2.25. The van der Waals surface area contributed by atoms with Crippen LogP contribution in [-0.2, 0) is 0 Å². The molecule has 1 heterocycles. The molecule has 0 unspecified atom stereocenters. The van der Waals surface area contributed by atoms with E-state index in [0.29, 0.717) is 5.11 Å². The van der Waals surface area contributed by atoms with Gasteiger partial charge in [-0.05, 0) is 80.8 Å². The lowest BCUT2D eigenvalue weighted by molar-refractivity contribution is 0.246. The van der Waals surface area contributed by atoms with Gasteiger partial charge in [-0.3, -0.25) is 4.90 Å². The van der Waals surface area contributed by atoms with Gasteiger partial charge < -0.3 is 10.6 Å². The number of rotatable bonds is 5. The zero-order chi connectivity index (χ0) is 18.5. The summed E-state index contributed by atoms with van der Waals surface area (Å²) in [5, 5.41) is 8.20. The van der Waals surface area contributed by atoms with Gasteiger partial charge in [0.25, 0.3) is 0 Å². The van der Waals surface area contributed by atoms with Crippen LogP contribution < -0.4 is 10.6 Å². The number of halogens is 1. The van der Waals surface area contributed by atoms with Crippen molar-refractivity contribution in [1.29, 1.82) is 0 Å². The van der Waals surface area contributed by atoms with Gasteiger partial charge in [-0.2, -0.15) is 0 Å². The van der Waals surface area contributed by atoms with Crippen LogP contribution in [0, 0.1) is 13.8 Å². The first-order valence-corrected chi connectivity index (χ1v) is 9.94. The summed E-state index contributed by atoms with van der Waals surface area (Å²) >= 11 is 12.0. The molecule has 3 rings (SSSR count). The smallest absolute Gasteiger partial charge is 0.170 e. The first kappa shape index (κ1) is 19.2. The third-order valence-electron chi connectivity index (χ3n) is 4.94. The van der Waals surface area contributed by atoms with Gasteiger partial charge in [-0.15, -0.1) is 0 Å². The minimum absolute atomic E-state index is 0.226. The SMILES string of the molecule is Cc1ccc(C)c(NC(=S)NC[C@@H](c2ccccc2Cl)N2CCCC2)c1. The largest absolute Gasteiger partial charge is 0.361 e. The van der Waals surface area contributed by atoms with Crippen LogP contribution in [0.5, 0.6) is 0 Å². The Morgan fingerprint density at radius 2 is 1.88 bits per heavy atom. The van der Waals surface area contributed by atoms with Gasteiger partial charge in [0.05, 0.1) is 6.04 Å². The van der Waals surface area contributed by atoms with E-state index in [1.54, 1.807) is 0 Å². The monoisotopic (exact) mass is 387 g/mol. The van der Waals surface area contributed by atoms with Crippen molar-refractivity contribution in [2.75, 3.05) is 25.0 Å². The summed E-state index contributed by atoms with van der Waals surface area (Å²) in [4.78, 5) is 2.49. The summed E-state index contributed by atoms with van der Waals surface area (Å²) < 4.78 is 0. The standard InChI is InChI=1S/C21H26ClN3S/c1-15-9-10-16(2)19(13-15)24-21(26)23-14-20(25-11-5-6-12-25)17-7-3-4-8-18(17)22/h3-4,7-10,13,20H,5-6,11-12,14H2,1-2H3,(H2,23,24,26)/t20-/m0/s1. The Bertz CT molecular complexity index is 772. The fraction of sp³-hybridized carbons (Fsp3) is 0.381. The molecular formula is C21H26ClN3S. The second-order valence-corrected chi connectivity index (χ2v) is 7.75. The predicted molar refractivity (Wildman–Crippen MR) is 115 cm³/mol. The molecular weight excluding hydrogens is 362 g/mol. The number of hydrogen-bond donors (Lipinski definition) is 2. The van der Waals surface area contributed by atoms with Crippen LogP contribution in [0.15, 0.2) is 42.5 Å². The van der Waals surface area contributed by atoms with E-state index >= 15 is 0 Å². The molecule has 0 spiro atoms. The number of nitrogens with one attached hydrogen (secondary N) is 2. The molecule has 1 fully saturated rings. The molecule has 138 valence electrons. The molecule has 0 saturated carbocycles. The Balaban J connectivity index is 1.68. The van der Waals surface area contributed by atoms with E-state index in [4.69, 9.17) is 23.8 Å². The van der Waals surface area contributed by atoms with E-state index in [0.717, 1.165) is 35.9 Å². The van der Waals surface area contributed by atoms with Crippen molar-refractivity contribution in [3.05, 3.63) is 64.2 Å². The Morgan fingerprint density at radius 3 is 2.62 bits per heavy atom. The van der Waals surface area contributed by atoms with Crippen molar-refractivity contribution in [2.45, 2.75) is 32.7 Å². The summed E-state index contributed by atoms with van der Waals surface area (Å²) in [5.74, 6) is 0. The molecule has 1 saturated heterocycles. The Hall–Kier alpha value is -1.62. The maximum absolute atomic E-state index is 6.48. The summed E-state index contributed by atoms with van der Waals surface area (Å²) in [6.07, 6.45) is 2.48. The molecule has 2 aromatic carbocycles. The van der Waals surface area contributed by atoms with Gasteiger partial charge in [0.1, 0.15) is 0 Å². The third-order valence-corrected chi connectivity index (χ3v) is 5.53. The van der Waals surface area contributed by atoms with Crippen LogP contribution in [0.1, 0.15) is 35.6 Å². The molecule has 0 aliphatic carbocycles. The molecule has 0 aromatic heterocycles. The van der Waals surface area contributed by atoms with Crippen molar-refractivity contribution in [3.8, 4) is 0 Å². The number of benzene rings is 2. The first-order valence-electron chi connectivity index (χ1n) is 9.15. The Morgan fingerprint density at radius 1 is 1.15 bits per heavy atom. The van der Waals surface area contributed by atoms with E-state index in [-0.39, 0.29) is 6.04 Å². The average Bonchev–Trinajstić information content (AvgIpc) is 3.14. The maximum atomic E-state index is 6.48. The summed E-state index contributed by atoms with van der Waals surface area (Å²) in [7, 11) is 0.